The molecular formula is C15H16N4. The van der Waals surface area contributed by atoms with E-state index in [1.165, 1.54) is 0 Å². The Labute approximate surface area is 112 Å². The Balaban J connectivity index is 2.09. The summed E-state index contributed by atoms with van der Waals surface area (Å²) in [5.41, 5.74) is 2.14. The van der Waals surface area contributed by atoms with Gasteiger partial charge in [-0.2, -0.15) is 0 Å². The molecule has 1 unspecified atom stereocenters. The van der Waals surface area contributed by atoms with Gasteiger partial charge in [0.25, 0.3) is 0 Å². The van der Waals surface area contributed by atoms with Crippen LogP contribution in [0.2, 0.25) is 0 Å². The predicted molar refractivity (Wildman–Crippen MR) is 75.9 cm³/mol. The molecular weight excluding hydrogens is 236 g/mol. The minimum absolute atomic E-state index is 0.0529. The number of nitrogens with zero attached hydrogens (tertiary/aromatic N) is 3. The fraction of sp³-hybridized carbons (Fsp3) is 0.200. The number of hydrogen-bond acceptors (Lipinski definition) is 3. The first-order chi connectivity index (χ1) is 9.29. The van der Waals surface area contributed by atoms with E-state index in [0.29, 0.717) is 0 Å². The molecule has 0 bridgehead atoms. The molecule has 0 radical (unpaired) electrons. The third-order valence-electron chi connectivity index (χ3n) is 3.35. The van der Waals surface area contributed by atoms with Crippen LogP contribution in [0.3, 0.4) is 0 Å². The van der Waals surface area contributed by atoms with Crippen LogP contribution in [0.5, 0.6) is 0 Å². The normalized spacial score (nSPS) is 12.7. The average Bonchev–Trinajstić information content (AvgIpc) is 2.86. The average molecular weight is 252 g/mol. The smallest absolute Gasteiger partial charge is 0.130 e. The Morgan fingerprint density at radius 2 is 2.05 bits per heavy atom. The number of nitrogens with one attached hydrogen (secondary N) is 1. The van der Waals surface area contributed by atoms with Crippen molar-refractivity contribution in [2.45, 2.75) is 6.04 Å². The van der Waals surface area contributed by atoms with Gasteiger partial charge in [0.1, 0.15) is 5.82 Å². The number of fused-ring (bicyclic) bond motifs is 1. The molecule has 96 valence electrons. The highest BCUT2D eigenvalue weighted by atomic mass is 15.1. The second-order valence-corrected chi connectivity index (χ2v) is 4.58. The van der Waals surface area contributed by atoms with Crippen LogP contribution in [-0.2, 0) is 7.05 Å². The van der Waals surface area contributed by atoms with Crippen LogP contribution >= 0.6 is 0 Å². The zero-order valence-electron chi connectivity index (χ0n) is 11.0. The van der Waals surface area contributed by atoms with Gasteiger partial charge in [0.15, 0.2) is 0 Å². The minimum Gasteiger partial charge on any atom is -0.336 e. The van der Waals surface area contributed by atoms with Gasteiger partial charge < -0.3 is 9.88 Å². The minimum atomic E-state index is 0.0529. The lowest BCUT2D eigenvalue weighted by Gasteiger charge is -2.16. The van der Waals surface area contributed by atoms with Gasteiger partial charge in [-0.3, -0.25) is 4.98 Å². The molecule has 0 aliphatic carbocycles. The van der Waals surface area contributed by atoms with Crippen molar-refractivity contribution in [1.82, 2.24) is 19.9 Å². The molecule has 3 aromatic rings. The predicted octanol–water partition coefficient (Wildman–Crippen LogP) is 2.28. The first kappa shape index (κ1) is 11.9. The lowest BCUT2D eigenvalue weighted by Crippen LogP contribution is -2.21. The molecule has 19 heavy (non-hydrogen) atoms. The van der Waals surface area contributed by atoms with Crippen LogP contribution in [0.15, 0.2) is 48.9 Å². The zero-order chi connectivity index (χ0) is 13.2. The van der Waals surface area contributed by atoms with Crippen molar-refractivity contribution < 1.29 is 0 Å². The maximum Gasteiger partial charge on any atom is 0.130 e. The second kappa shape index (κ2) is 4.82. The summed E-state index contributed by atoms with van der Waals surface area (Å²) >= 11 is 0. The lowest BCUT2D eigenvalue weighted by molar-refractivity contribution is 0.616. The number of rotatable bonds is 3. The first-order valence-electron chi connectivity index (χ1n) is 6.29. The summed E-state index contributed by atoms with van der Waals surface area (Å²) in [6.07, 6.45) is 5.68. The molecule has 1 atom stereocenters. The van der Waals surface area contributed by atoms with Crippen molar-refractivity contribution in [3.8, 4) is 0 Å². The van der Waals surface area contributed by atoms with Crippen molar-refractivity contribution in [3.63, 3.8) is 0 Å². The highest BCUT2D eigenvalue weighted by Gasteiger charge is 2.16. The Bertz CT molecular complexity index is 702. The second-order valence-electron chi connectivity index (χ2n) is 4.58. The molecule has 4 nitrogen and oxygen atoms in total. The molecule has 0 fully saturated rings. The van der Waals surface area contributed by atoms with Gasteiger partial charge in [-0.05, 0) is 24.7 Å². The van der Waals surface area contributed by atoms with Gasteiger partial charge >= 0.3 is 0 Å². The molecule has 0 aliphatic rings. The van der Waals surface area contributed by atoms with E-state index in [-0.39, 0.29) is 6.04 Å². The maximum atomic E-state index is 4.51. The van der Waals surface area contributed by atoms with E-state index in [2.05, 4.69) is 27.4 Å². The summed E-state index contributed by atoms with van der Waals surface area (Å²) in [5, 5.41) is 4.45. The third-order valence-corrected chi connectivity index (χ3v) is 3.35. The number of hydrogen-bond donors (Lipinski definition) is 1. The monoisotopic (exact) mass is 252 g/mol. The molecule has 0 aliphatic heterocycles. The lowest BCUT2D eigenvalue weighted by atomic mass is 10.1. The summed E-state index contributed by atoms with van der Waals surface area (Å²) < 4.78 is 2.02. The fourth-order valence-corrected chi connectivity index (χ4v) is 2.35. The van der Waals surface area contributed by atoms with Crippen LogP contribution in [0.4, 0.5) is 0 Å². The Kier molecular flexibility index (Phi) is 3.01. The molecule has 3 rings (SSSR count). The van der Waals surface area contributed by atoms with Gasteiger partial charge in [-0.1, -0.05) is 18.2 Å². The quantitative estimate of drug-likeness (QED) is 0.777. The summed E-state index contributed by atoms with van der Waals surface area (Å²) in [5.74, 6) is 0.986. The largest absolute Gasteiger partial charge is 0.336 e. The number of para-hydroxylation sites is 1. The first-order valence-corrected chi connectivity index (χ1v) is 6.29. The third kappa shape index (κ3) is 2.11. The van der Waals surface area contributed by atoms with Crippen molar-refractivity contribution in [2.75, 3.05) is 7.05 Å². The molecule has 4 heteroatoms. The van der Waals surface area contributed by atoms with Crippen LogP contribution in [0.1, 0.15) is 17.4 Å². The van der Waals surface area contributed by atoms with E-state index in [1.807, 2.05) is 55.5 Å². The van der Waals surface area contributed by atoms with Crippen LogP contribution in [0, 0.1) is 0 Å². The van der Waals surface area contributed by atoms with E-state index < -0.39 is 0 Å². The molecule has 2 heterocycles. The summed E-state index contributed by atoms with van der Waals surface area (Å²) in [4.78, 5) is 8.93. The molecule has 2 aromatic heterocycles. The Morgan fingerprint density at radius 3 is 2.79 bits per heavy atom. The molecule has 1 aromatic carbocycles. The Hall–Kier alpha value is -2.20. The van der Waals surface area contributed by atoms with Crippen molar-refractivity contribution >= 4 is 10.9 Å². The van der Waals surface area contributed by atoms with Gasteiger partial charge in [0.2, 0.25) is 0 Å². The van der Waals surface area contributed by atoms with Crippen molar-refractivity contribution in [1.29, 1.82) is 0 Å². The van der Waals surface area contributed by atoms with Gasteiger partial charge in [0, 0.05) is 31.0 Å². The van der Waals surface area contributed by atoms with Gasteiger partial charge in [0.05, 0.1) is 11.6 Å². The van der Waals surface area contributed by atoms with E-state index in [9.17, 15) is 0 Å². The van der Waals surface area contributed by atoms with E-state index in [0.717, 1.165) is 22.3 Å². The standard InChI is InChI=1S/C15H16N4/c1-16-14(15-17-7-8-19(15)2)12-9-11-5-3-4-6-13(11)18-10-12/h3-10,14,16H,1-2H3. The van der Waals surface area contributed by atoms with Crippen LogP contribution in [0.25, 0.3) is 10.9 Å². The number of aryl methyl sites for hydroxylation is 1. The Morgan fingerprint density at radius 1 is 1.21 bits per heavy atom. The van der Waals surface area contributed by atoms with Crippen molar-refractivity contribution in [2.24, 2.45) is 7.05 Å². The van der Waals surface area contributed by atoms with E-state index in [4.69, 9.17) is 0 Å². The molecule has 0 saturated heterocycles. The van der Waals surface area contributed by atoms with Crippen molar-refractivity contribution in [3.05, 3.63) is 60.3 Å². The number of aromatic nitrogens is 3. The highest BCUT2D eigenvalue weighted by molar-refractivity contribution is 5.78. The number of imidazole rings is 1. The van der Waals surface area contributed by atoms with E-state index in [1.54, 1.807) is 0 Å². The molecule has 0 saturated carbocycles. The number of benzene rings is 1. The maximum absolute atomic E-state index is 4.51. The summed E-state index contributed by atoms with van der Waals surface area (Å²) in [6.45, 7) is 0. The fourth-order valence-electron chi connectivity index (χ4n) is 2.35. The summed E-state index contributed by atoms with van der Waals surface area (Å²) in [7, 11) is 3.94. The molecule has 1 N–H and O–H groups in total. The molecule has 0 spiro atoms. The summed E-state index contributed by atoms with van der Waals surface area (Å²) in [6, 6.07) is 10.4. The van der Waals surface area contributed by atoms with Gasteiger partial charge in [-0.15, -0.1) is 0 Å². The van der Waals surface area contributed by atoms with Crippen LogP contribution < -0.4 is 5.32 Å². The highest BCUT2D eigenvalue weighted by Crippen LogP contribution is 2.22. The van der Waals surface area contributed by atoms with Gasteiger partial charge in [-0.25, -0.2) is 4.98 Å². The molecule has 0 amide bonds. The SMILES string of the molecule is CNC(c1cnc2ccccc2c1)c1nccn1C. The van der Waals surface area contributed by atoms with Crippen LogP contribution in [-0.4, -0.2) is 21.6 Å². The number of pyridine rings is 1. The zero-order valence-corrected chi connectivity index (χ0v) is 11.0. The van der Waals surface area contributed by atoms with E-state index >= 15 is 0 Å². The topological polar surface area (TPSA) is 42.7 Å².